The molecule has 0 fully saturated rings. The summed E-state index contributed by atoms with van der Waals surface area (Å²) in [5.41, 5.74) is 0.270. The number of hydrogen-bond donors (Lipinski definition) is 1. The van der Waals surface area contributed by atoms with Crippen LogP contribution in [0.25, 0.3) is 0 Å². The van der Waals surface area contributed by atoms with Crippen LogP contribution in [-0.2, 0) is 21.4 Å². The number of rotatable bonds is 5. The Kier molecular flexibility index (Phi) is 4.52. The van der Waals surface area contributed by atoms with Gasteiger partial charge in [-0.25, -0.2) is 8.42 Å². The number of sulfonamides is 1. The van der Waals surface area contributed by atoms with Crippen LogP contribution in [0.3, 0.4) is 0 Å². The predicted octanol–water partition coefficient (Wildman–Crippen LogP) is 0.133. The number of fused-ring (bicyclic) bond motifs is 1. The first kappa shape index (κ1) is 16.4. The number of carbonyl (C=O) groups is 1. The Bertz CT molecular complexity index is 808. The van der Waals surface area contributed by atoms with Crippen molar-refractivity contribution in [2.45, 2.75) is 13.5 Å². The molecule has 24 heavy (non-hydrogen) atoms. The molecule has 0 aliphatic carbocycles. The van der Waals surface area contributed by atoms with Crippen LogP contribution in [0.4, 0.5) is 0 Å². The van der Waals surface area contributed by atoms with Crippen molar-refractivity contribution in [2.75, 3.05) is 18.8 Å². The van der Waals surface area contributed by atoms with Gasteiger partial charge in [0.15, 0.2) is 5.84 Å². The Balaban J connectivity index is 1.65. The number of allylic oxidation sites excluding steroid dienone is 2. The van der Waals surface area contributed by atoms with E-state index in [9.17, 15) is 13.2 Å². The van der Waals surface area contributed by atoms with Crippen LogP contribution in [0.1, 0.15) is 6.92 Å². The zero-order chi connectivity index (χ0) is 17.2. The van der Waals surface area contributed by atoms with Crippen molar-refractivity contribution in [3.63, 3.8) is 0 Å². The Labute approximate surface area is 140 Å². The second kappa shape index (κ2) is 6.60. The molecule has 2 aliphatic heterocycles. The average molecular weight is 349 g/mol. The molecule has 0 saturated heterocycles. The molecular weight excluding hydrogens is 330 g/mol. The highest BCUT2D eigenvalue weighted by Gasteiger charge is 2.29. The summed E-state index contributed by atoms with van der Waals surface area (Å²) in [6.07, 6.45) is 8.61. The molecule has 0 unspecified atom stereocenters. The Morgan fingerprint density at radius 1 is 1.46 bits per heavy atom. The van der Waals surface area contributed by atoms with Crippen molar-refractivity contribution in [3.05, 3.63) is 42.4 Å². The van der Waals surface area contributed by atoms with E-state index in [4.69, 9.17) is 0 Å². The van der Waals surface area contributed by atoms with Crippen molar-refractivity contribution in [3.8, 4) is 0 Å². The van der Waals surface area contributed by atoms with Crippen LogP contribution < -0.4 is 5.32 Å². The summed E-state index contributed by atoms with van der Waals surface area (Å²) < 4.78 is 29.0. The minimum atomic E-state index is -3.51. The fourth-order valence-electron chi connectivity index (χ4n) is 2.55. The lowest BCUT2D eigenvalue weighted by Gasteiger charge is -2.28. The first-order valence-corrected chi connectivity index (χ1v) is 9.29. The third kappa shape index (κ3) is 3.73. The van der Waals surface area contributed by atoms with Crippen molar-refractivity contribution in [1.29, 1.82) is 0 Å². The lowest BCUT2D eigenvalue weighted by molar-refractivity contribution is -0.117. The number of nitrogens with zero attached hydrogens (tertiary/aromatic N) is 4. The number of nitrogens with one attached hydrogen (secondary N) is 1. The summed E-state index contributed by atoms with van der Waals surface area (Å²) in [4.78, 5) is 14.1. The van der Waals surface area contributed by atoms with Gasteiger partial charge in [-0.2, -0.15) is 5.10 Å². The third-order valence-corrected chi connectivity index (χ3v) is 4.92. The normalized spacial score (nSPS) is 20.0. The fraction of sp³-hybridized carbons (Fsp3) is 0.400. The van der Waals surface area contributed by atoms with Crippen molar-refractivity contribution in [1.82, 2.24) is 20.0 Å². The van der Waals surface area contributed by atoms with Crippen molar-refractivity contribution < 1.29 is 13.2 Å². The minimum absolute atomic E-state index is 0.0450. The standard InChI is InChI=1S/C15H19N5O3S/c1-12(11-20-7-3-5-17-20)10-16-15(21)13-4-2-6-19-8-9-24(22,23)18-14(13)19/h2-7,12H,8-11H2,1H3,(H,16,21)/t12-/m0/s1. The van der Waals surface area contributed by atoms with Crippen LogP contribution in [0.5, 0.6) is 0 Å². The van der Waals surface area contributed by atoms with Gasteiger partial charge >= 0.3 is 0 Å². The molecule has 0 aromatic carbocycles. The summed E-state index contributed by atoms with van der Waals surface area (Å²) in [5.74, 6) is 0.00612. The molecule has 1 aromatic rings. The van der Waals surface area contributed by atoms with Crippen molar-refractivity contribution >= 4 is 21.8 Å². The molecule has 8 nitrogen and oxygen atoms in total. The van der Waals surface area contributed by atoms with Gasteiger partial charge in [-0.1, -0.05) is 6.92 Å². The topological polar surface area (TPSA) is 96.7 Å². The van der Waals surface area contributed by atoms with Gasteiger partial charge in [0, 0.05) is 38.2 Å². The molecule has 0 bridgehead atoms. The quantitative estimate of drug-likeness (QED) is 0.815. The van der Waals surface area contributed by atoms with Gasteiger partial charge in [0.2, 0.25) is 0 Å². The molecule has 0 saturated carbocycles. The van der Waals surface area contributed by atoms with Gasteiger partial charge in [-0.3, -0.25) is 9.48 Å². The number of aromatic nitrogens is 2. The Morgan fingerprint density at radius 3 is 3.04 bits per heavy atom. The number of hydrogen-bond acceptors (Lipinski definition) is 5. The summed E-state index contributed by atoms with van der Waals surface area (Å²) in [7, 11) is -3.51. The number of amidine groups is 1. The van der Waals surface area contributed by atoms with E-state index in [1.54, 1.807) is 34.1 Å². The Morgan fingerprint density at radius 2 is 2.29 bits per heavy atom. The van der Waals surface area contributed by atoms with Crippen LogP contribution in [0, 0.1) is 5.92 Å². The van der Waals surface area contributed by atoms with Crippen molar-refractivity contribution in [2.24, 2.45) is 10.3 Å². The number of carbonyl (C=O) groups excluding carboxylic acids is 1. The average Bonchev–Trinajstić information content (AvgIpc) is 3.04. The van der Waals surface area contributed by atoms with E-state index in [0.29, 0.717) is 19.6 Å². The second-order valence-corrected chi connectivity index (χ2v) is 7.61. The molecule has 0 radical (unpaired) electrons. The molecule has 2 aliphatic rings. The molecule has 3 heterocycles. The molecule has 3 rings (SSSR count). The maximum Gasteiger partial charge on any atom is 0.256 e. The zero-order valence-corrected chi connectivity index (χ0v) is 14.1. The first-order chi connectivity index (χ1) is 11.4. The largest absolute Gasteiger partial charge is 0.352 e. The van der Waals surface area contributed by atoms with Gasteiger partial charge in [0.1, 0.15) is 0 Å². The number of amides is 1. The van der Waals surface area contributed by atoms with E-state index >= 15 is 0 Å². The maximum atomic E-state index is 12.4. The first-order valence-electron chi connectivity index (χ1n) is 7.68. The Hall–Kier alpha value is -2.42. The summed E-state index contributed by atoms with van der Waals surface area (Å²) in [6.45, 7) is 3.46. The third-order valence-electron chi connectivity index (χ3n) is 3.77. The molecule has 1 aromatic heterocycles. The van der Waals surface area contributed by atoms with Crippen LogP contribution in [-0.4, -0.2) is 53.7 Å². The molecule has 9 heteroatoms. The molecule has 0 spiro atoms. The molecule has 1 N–H and O–H groups in total. The van der Waals surface area contributed by atoms with Gasteiger partial charge in [0.05, 0.1) is 11.3 Å². The van der Waals surface area contributed by atoms with E-state index < -0.39 is 10.0 Å². The smallest absolute Gasteiger partial charge is 0.256 e. The van der Waals surface area contributed by atoms with Crippen LogP contribution >= 0.6 is 0 Å². The second-order valence-electron chi connectivity index (χ2n) is 5.86. The van der Waals surface area contributed by atoms with E-state index in [1.807, 2.05) is 19.2 Å². The van der Waals surface area contributed by atoms with E-state index in [1.165, 1.54) is 0 Å². The van der Waals surface area contributed by atoms with E-state index in [0.717, 1.165) is 0 Å². The summed E-state index contributed by atoms with van der Waals surface area (Å²) in [5, 5.41) is 6.97. The van der Waals surface area contributed by atoms with Gasteiger partial charge in [-0.05, 0) is 24.1 Å². The maximum absolute atomic E-state index is 12.4. The monoisotopic (exact) mass is 349 g/mol. The fourth-order valence-corrected chi connectivity index (χ4v) is 3.53. The molecule has 128 valence electrons. The summed E-state index contributed by atoms with van der Waals surface area (Å²) >= 11 is 0. The van der Waals surface area contributed by atoms with Gasteiger partial charge < -0.3 is 10.2 Å². The molecular formula is C15H19N5O3S. The predicted molar refractivity (Wildman–Crippen MR) is 89.6 cm³/mol. The van der Waals surface area contributed by atoms with E-state index in [-0.39, 0.29) is 29.0 Å². The molecule has 1 amide bonds. The zero-order valence-electron chi connectivity index (χ0n) is 13.3. The lowest BCUT2D eigenvalue weighted by atomic mass is 10.1. The summed E-state index contributed by atoms with van der Waals surface area (Å²) in [6, 6.07) is 1.85. The highest BCUT2D eigenvalue weighted by molar-refractivity contribution is 7.90. The SMILES string of the molecule is C[C@@H](CNC(=O)C1=CC=CN2CCS(=O)(=O)N=C12)Cn1cccn1. The van der Waals surface area contributed by atoms with Gasteiger partial charge in [0.25, 0.3) is 15.9 Å². The lowest BCUT2D eigenvalue weighted by Crippen LogP contribution is -2.43. The molecule has 1 atom stereocenters. The van der Waals surface area contributed by atoms with Crippen LogP contribution in [0.15, 0.2) is 46.8 Å². The van der Waals surface area contributed by atoms with Crippen LogP contribution in [0.2, 0.25) is 0 Å². The minimum Gasteiger partial charge on any atom is -0.352 e. The van der Waals surface area contributed by atoms with E-state index in [2.05, 4.69) is 14.8 Å². The van der Waals surface area contributed by atoms with Gasteiger partial charge in [-0.15, -0.1) is 4.40 Å². The highest BCUT2D eigenvalue weighted by atomic mass is 32.2. The highest BCUT2D eigenvalue weighted by Crippen LogP contribution is 2.17.